The minimum absolute atomic E-state index is 0.131. The monoisotopic (exact) mass is 488 g/mol. The molecule has 0 aliphatic carbocycles. The van der Waals surface area contributed by atoms with Gasteiger partial charge in [0.25, 0.3) is 0 Å². The van der Waals surface area contributed by atoms with E-state index in [-0.39, 0.29) is 6.61 Å². The summed E-state index contributed by atoms with van der Waals surface area (Å²) in [5.74, 6) is 2.48. The summed E-state index contributed by atoms with van der Waals surface area (Å²) in [4.78, 5) is 0. The Morgan fingerprint density at radius 3 is 1.82 bits per heavy atom. The second-order valence-electron chi connectivity index (χ2n) is 10.9. The molecule has 0 rings (SSSR count). The fourth-order valence-corrected chi connectivity index (χ4v) is 4.21. The van der Waals surface area contributed by atoms with Crippen molar-refractivity contribution in [2.45, 2.75) is 130 Å². The van der Waals surface area contributed by atoms with E-state index in [2.05, 4.69) is 40.7 Å². The lowest BCUT2D eigenvalue weighted by Gasteiger charge is -2.25. The second kappa shape index (κ2) is 20.7. The molecule has 0 fully saturated rings. The Kier molecular flexibility index (Phi) is 20.4. The van der Waals surface area contributed by atoms with Crippen LogP contribution in [0.4, 0.5) is 0 Å². The summed E-state index contributed by atoms with van der Waals surface area (Å²) >= 11 is 0. The highest BCUT2D eigenvalue weighted by Gasteiger charge is 2.29. The van der Waals surface area contributed by atoms with Gasteiger partial charge >= 0.3 is 0 Å². The maximum atomic E-state index is 9.81. The lowest BCUT2D eigenvalue weighted by molar-refractivity contribution is -0.129. The van der Waals surface area contributed by atoms with Gasteiger partial charge in [0, 0.05) is 6.61 Å². The van der Waals surface area contributed by atoms with E-state index >= 15 is 0 Å². The SMILES string of the molecule is CC(=CCCCOC[C@@H](O)[C@@H](O)[C@H](O)[C@H](O)CO)CCCC(C)CCCC(C)CCCC(C)C. The van der Waals surface area contributed by atoms with Gasteiger partial charge in [-0.05, 0) is 50.4 Å². The first-order valence-corrected chi connectivity index (χ1v) is 13.6. The van der Waals surface area contributed by atoms with E-state index < -0.39 is 31.0 Å². The van der Waals surface area contributed by atoms with Crippen LogP contribution in [0.25, 0.3) is 0 Å². The number of allylic oxidation sites excluding steroid dienone is 2. The molecule has 2 unspecified atom stereocenters. The number of ether oxygens (including phenoxy) is 1. The van der Waals surface area contributed by atoms with Crippen LogP contribution in [0.3, 0.4) is 0 Å². The lowest BCUT2D eigenvalue weighted by Crippen LogP contribution is -2.47. The van der Waals surface area contributed by atoms with Crippen LogP contribution in [0.1, 0.15) is 105 Å². The standard InChI is InChI=1S/C28H56O6/c1-21(2)11-8-13-23(4)15-10-17-24(5)16-9-14-22(3)12-6-7-18-34-20-26(31)28(33)27(32)25(30)19-29/h12,21,23-33H,6-11,13-20H2,1-5H3/t23?,24?,25-,26-,27-,28-/m1/s1. The first-order chi connectivity index (χ1) is 16.1. The summed E-state index contributed by atoms with van der Waals surface area (Å²) < 4.78 is 5.37. The topological polar surface area (TPSA) is 110 Å². The minimum Gasteiger partial charge on any atom is -0.394 e. The molecule has 0 aromatic heterocycles. The smallest absolute Gasteiger partial charge is 0.111 e. The first-order valence-electron chi connectivity index (χ1n) is 13.6. The van der Waals surface area contributed by atoms with Gasteiger partial charge < -0.3 is 30.3 Å². The highest BCUT2D eigenvalue weighted by atomic mass is 16.5. The van der Waals surface area contributed by atoms with Crippen molar-refractivity contribution in [2.75, 3.05) is 19.8 Å². The van der Waals surface area contributed by atoms with Crippen LogP contribution in [0.2, 0.25) is 0 Å². The van der Waals surface area contributed by atoms with Gasteiger partial charge in [0.1, 0.15) is 24.4 Å². The predicted octanol–water partition coefficient (Wildman–Crippen LogP) is 4.60. The average Bonchev–Trinajstić information content (AvgIpc) is 2.79. The van der Waals surface area contributed by atoms with Crippen molar-refractivity contribution < 1.29 is 30.3 Å². The normalized spacial score (nSPS) is 18.0. The molecule has 5 N–H and O–H groups in total. The molecule has 6 heteroatoms. The molecule has 0 aromatic rings. The largest absolute Gasteiger partial charge is 0.394 e. The third-order valence-electron chi connectivity index (χ3n) is 6.74. The molecule has 0 saturated carbocycles. The molecule has 0 spiro atoms. The molecular weight excluding hydrogens is 432 g/mol. The predicted molar refractivity (Wildman–Crippen MR) is 140 cm³/mol. The van der Waals surface area contributed by atoms with E-state index in [0.717, 1.165) is 37.0 Å². The summed E-state index contributed by atoms with van der Waals surface area (Å²) in [6, 6.07) is 0. The zero-order chi connectivity index (χ0) is 25.9. The molecule has 0 bridgehead atoms. The van der Waals surface area contributed by atoms with Crippen LogP contribution >= 0.6 is 0 Å². The zero-order valence-electron chi connectivity index (χ0n) is 22.7. The Morgan fingerprint density at radius 1 is 0.735 bits per heavy atom. The third kappa shape index (κ3) is 17.9. The van der Waals surface area contributed by atoms with Gasteiger partial charge in [-0.15, -0.1) is 0 Å². The molecule has 0 aliphatic heterocycles. The van der Waals surface area contributed by atoms with Crippen LogP contribution < -0.4 is 0 Å². The molecule has 34 heavy (non-hydrogen) atoms. The van der Waals surface area contributed by atoms with Gasteiger partial charge in [-0.25, -0.2) is 0 Å². The Bertz CT molecular complexity index is 495. The number of rotatable bonds is 22. The van der Waals surface area contributed by atoms with Gasteiger partial charge in [0.05, 0.1) is 13.2 Å². The Labute approximate surface area is 209 Å². The second-order valence-corrected chi connectivity index (χ2v) is 10.9. The third-order valence-corrected chi connectivity index (χ3v) is 6.74. The lowest BCUT2D eigenvalue weighted by atomic mass is 9.91. The fraction of sp³-hybridized carbons (Fsp3) is 0.929. The van der Waals surface area contributed by atoms with Gasteiger partial charge in [0.2, 0.25) is 0 Å². The quantitative estimate of drug-likeness (QED) is 0.112. The zero-order valence-corrected chi connectivity index (χ0v) is 22.7. The first kappa shape index (κ1) is 33.5. The minimum atomic E-state index is -1.61. The van der Waals surface area contributed by atoms with Crippen molar-refractivity contribution in [3.8, 4) is 0 Å². The van der Waals surface area contributed by atoms with E-state index in [4.69, 9.17) is 9.84 Å². The highest BCUT2D eigenvalue weighted by Crippen LogP contribution is 2.22. The van der Waals surface area contributed by atoms with E-state index in [9.17, 15) is 20.4 Å². The summed E-state index contributed by atoms with van der Waals surface area (Å²) in [6.07, 6.45) is 9.80. The maximum absolute atomic E-state index is 9.81. The number of aliphatic hydroxyl groups excluding tert-OH is 5. The van der Waals surface area contributed by atoms with Gasteiger partial charge in [0.15, 0.2) is 0 Å². The molecule has 0 aliphatic rings. The summed E-state index contributed by atoms with van der Waals surface area (Å²) in [5.41, 5.74) is 1.41. The van der Waals surface area contributed by atoms with Crippen LogP contribution in [-0.2, 0) is 4.74 Å². The molecular formula is C28H56O6. The molecule has 6 nitrogen and oxygen atoms in total. The average molecular weight is 489 g/mol. The maximum Gasteiger partial charge on any atom is 0.111 e. The van der Waals surface area contributed by atoms with Crippen molar-refractivity contribution in [1.29, 1.82) is 0 Å². The van der Waals surface area contributed by atoms with E-state index in [1.807, 2.05) is 0 Å². The molecule has 0 saturated heterocycles. The highest BCUT2D eigenvalue weighted by molar-refractivity contribution is 4.97. The fourth-order valence-electron chi connectivity index (χ4n) is 4.21. The molecule has 204 valence electrons. The Balaban J connectivity index is 3.78. The summed E-state index contributed by atoms with van der Waals surface area (Å²) in [7, 11) is 0. The van der Waals surface area contributed by atoms with Crippen LogP contribution in [0.15, 0.2) is 11.6 Å². The van der Waals surface area contributed by atoms with E-state index in [1.165, 1.54) is 56.9 Å². The van der Waals surface area contributed by atoms with Gasteiger partial charge in [-0.2, -0.15) is 0 Å². The van der Waals surface area contributed by atoms with Crippen LogP contribution in [-0.4, -0.2) is 69.8 Å². The van der Waals surface area contributed by atoms with E-state index in [1.54, 1.807) is 0 Å². The Morgan fingerprint density at radius 2 is 1.26 bits per heavy atom. The van der Waals surface area contributed by atoms with Crippen molar-refractivity contribution in [1.82, 2.24) is 0 Å². The van der Waals surface area contributed by atoms with Gasteiger partial charge in [-0.3, -0.25) is 0 Å². The molecule has 0 amide bonds. The van der Waals surface area contributed by atoms with Crippen molar-refractivity contribution >= 4 is 0 Å². The van der Waals surface area contributed by atoms with Crippen molar-refractivity contribution in [2.24, 2.45) is 17.8 Å². The van der Waals surface area contributed by atoms with Crippen LogP contribution in [0, 0.1) is 17.8 Å². The van der Waals surface area contributed by atoms with Crippen LogP contribution in [0.5, 0.6) is 0 Å². The summed E-state index contributed by atoms with van der Waals surface area (Å²) in [5, 5.41) is 47.2. The molecule has 6 atom stereocenters. The molecule has 0 aromatic carbocycles. The van der Waals surface area contributed by atoms with E-state index in [0.29, 0.717) is 6.61 Å². The Hall–Kier alpha value is -0.500. The number of hydrogen-bond donors (Lipinski definition) is 5. The number of unbranched alkanes of at least 4 members (excludes halogenated alkanes) is 1. The molecule has 0 heterocycles. The summed E-state index contributed by atoms with van der Waals surface area (Å²) in [6.45, 7) is 11.2. The van der Waals surface area contributed by atoms with Gasteiger partial charge in [-0.1, -0.05) is 84.3 Å². The van der Waals surface area contributed by atoms with Crippen molar-refractivity contribution in [3.63, 3.8) is 0 Å². The molecule has 0 radical (unpaired) electrons. The number of hydrogen-bond acceptors (Lipinski definition) is 6. The number of aliphatic hydroxyl groups is 5. The van der Waals surface area contributed by atoms with Crippen molar-refractivity contribution in [3.05, 3.63) is 11.6 Å².